The fourth-order valence-corrected chi connectivity index (χ4v) is 2.64. The molecule has 132 valence electrons. The van der Waals surface area contributed by atoms with Crippen molar-refractivity contribution in [2.75, 3.05) is 11.9 Å². The first-order valence-electron chi connectivity index (χ1n) is 7.18. The highest BCUT2D eigenvalue weighted by Crippen LogP contribution is 2.32. The minimum absolute atomic E-state index is 0.0204. The van der Waals surface area contributed by atoms with Gasteiger partial charge in [-0.05, 0) is 31.2 Å². The number of carbonyl (C=O) groups is 1. The van der Waals surface area contributed by atoms with Crippen LogP contribution in [0.2, 0.25) is 0 Å². The van der Waals surface area contributed by atoms with Crippen LogP contribution in [0.15, 0.2) is 47.4 Å². The highest BCUT2D eigenvalue weighted by atomic mass is 32.2. The fourth-order valence-electron chi connectivity index (χ4n) is 2.04. The van der Waals surface area contributed by atoms with E-state index in [2.05, 4.69) is 5.32 Å². The van der Waals surface area contributed by atoms with Gasteiger partial charge in [0.1, 0.15) is 0 Å². The normalized spacial score (nSPS) is 10.6. The second-order valence-electron chi connectivity index (χ2n) is 4.70. The number of para-hydroxylation sites is 1. The summed E-state index contributed by atoms with van der Waals surface area (Å²) in [7, 11) is 0. The van der Waals surface area contributed by atoms with E-state index in [4.69, 9.17) is 4.74 Å². The average Bonchev–Trinajstić information content (AvgIpc) is 2.56. The minimum Gasteiger partial charge on any atom is -0.487 e. The molecule has 0 aliphatic heterocycles. The van der Waals surface area contributed by atoms with Crippen LogP contribution in [0, 0.1) is 10.1 Å². The molecule has 0 aliphatic rings. The lowest BCUT2D eigenvalue weighted by molar-refractivity contribution is -0.385. The van der Waals surface area contributed by atoms with E-state index in [1.165, 1.54) is 24.3 Å². The largest absolute Gasteiger partial charge is 0.487 e. The van der Waals surface area contributed by atoms with Crippen LogP contribution >= 0.6 is 11.8 Å². The van der Waals surface area contributed by atoms with E-state index >= 15 is 0 Å². The molecule has 0 saturated heterocycles. The van der Waals surface area contributed by atoms with Gasteiger partial charge >= 0.3 is 5.69 Å². The van der Waals surface area contributed by atoms with E-state index in [1.807, 2.05) is 0 Å². The Bertz CT molecular complexity index is 786. The second kappa shape index (κ2) is 8.43. The zero-order chi connectivity index (χ0) is 18.4. The van der Waals surface area contributed by atoms with Gasteiger partial charge in [-0.2, -0.15) is 8.78 Å². The molecule has 0 atom stereocenters. The van der Waals surface area contributed by atoms with E-state index < -0.39 is 16.6 Å². The van der Waals surface area contributed by atoms with Crippen molar-refractivity contribution in [1.82, 2.24) is 0 Å². The number of thioether (sulfide) groups is 1. The number of hydrogen-bond donors (Lipinski definition) is 1. The molecule has 0 unspecified atom stereocenters. The summed E-state index contributed by atoms with van der Waals surface area (Å²) in [6.45, 7) is 1.92. The standard InChI is InChI=1S/C16H14F2N2O4S/c1-2-24-13-8-7-10(9-12(13)20(22)23)15(21)19-11-5-3-4-6-14(11)25-16(17)18/h3-9,16H,2H2,1H3,(H,19,21). The van der Waals surface area contributed by atoms with Gasteiger partial charge in [-0.1, -0.05) is 23.9 Å². The van der Waals surface area contributed by atoms with Crippen molar-refractivity contribution in [1.29, 1.82) is 0 Å². The predicted molar refractivity (Wildman–Crippen MR) is 90.5 cm³/mol. The summed E-state index contributed by atoms with van der Waals surface area (Å²) in [5, 5.41) is 13.6. The van der Waals surface area contributed by atoms with Gasteiger partial charge in [0, 0.05) is 16.5 Å². The van der Waals surface area contributed by atoms with Crippen molar-refractivity contribution in [3.05, 3.63) is 58.1 Å². The van der Waals surface area contributed by atoms with Gasteiger partial charge in [-0.3, -0.25) is 14.9 Å². The molecule has 25 heavy (non-hydrogen) atoms. The highest BCUT2D eigenvalue weighted by Gasteiger charge is 2.19. The van der Waals surface area contributed by atoms with Crippen LogP contribution < -0.4 is 10.1 Å². The van der Waals surface area contributed by atoms with E-state index in [-0.39, 0.29) is 34.2 Å². The summed E-state index contributed by atoms with van der Waals surface area (Å²) in [5.41, 5.74) is -0.119. The van der Waals surface area contributed by atoms with Crippen LogP contribution in [-0.2, 0) is 0 Å². The molecule has 2 aromatic rings. The predicted octanol–water partition coefficient (Wildman–Crippen LogP) is 4.56. The van der Waals surface area contributed by atoms with Crippen LogP contribution in [0.5, 0.6) is 5.75 Å². The minimum atomic E-state index is -2.63. The number of carbonyl (C=O) groups excluding carboxylic acids is 1. The van der Waals surface area contributed by atoms with Crippen LogP contribution in [0.3, 0.4) is 0 Å². The average molecular weight is 368 g/mol. The third kappa shape index (κ3) is 4.90. The molecule has 2 rings (SSSR count). The van der Waals surface area contributed by atoms with Crippen molar-refractivity contribution in [2.24, 2.45) is 0 Å². The molecule has 0 fully saturated rings. The number of rotatable bonds is 7. The summed E-state index contributed by atoms with van der Waals surface area (Å²) in [6.07, 6.45) is 0. The third-order valence-electron chi connectivity index (χ3n) is 3.07. The van der Waals surface area contributed by atoms with Crippen molar-refractivity contribution in [3.63, 3.8) is 0 Å². The molecular weight excluding hydrogens is 354 g/mol. The van der Waals surface area contributed by atoms with E-state index in [9.17, 15) is 23.7 Å². The first-order valence-corrected chi connectivity index (χ1v) is 8.06. The van der Waals surface area contributed by atoms with Crippen molar-refractivity contribution < 1.29 is 23.2 Å². The highest BCUT2D eigenvalue weighted by molar-refractivity contribution is 7.99. The van der Waals surface area contributed by atoms with Gasteiger partial charge in [0.15, 0.2) is 5.75 Å². The smallest absolute Gasteiger partial charge is 0.311 e. The topological polar surface area (TPSA) is 81.5 Å². The molecule has 6 nitrogen and oxygen atoms in total. The Labute approximate surface area is 146 Å². The number of nitro groups is 1. The van der Waals surface area contributed by atoms with Crippen LogP contribution in [0.4, 0.5) is 20.2 Å². The first-order chi connectivity index (χ1) is 11.9. The molecule has 0 bridgehead atoms. The molecule has 0 aliphatic carbocycles. The molecule has 1 amide bonds. The zero-order valence-electron chi connectivity index (χ0n) is 13.1. The van der Waals surface area contributed by atoms with Gasteiger partial charge in [0.05, 0.1) is 17.2 Å². The number of nitrogens with one attached hydrogen (secondary N) is 1. The number of anilines is 1. The summed E-state index contributed by atoms with van der Waals surface area (Å²) >= 11 is 0.303. The van der Waals surface area contributed by atoms with Crippen molar-refractivity contribution >= 4 is 29.0 Å². The number of ether oxygens (including phenoxy) is 1. The molecule has 0 aromatic heterocycles. The van der Waals surface area contributed by atoms with Crippen LogP contribution in [0.1, 0.15) is 17.3 Å². The van der Waals surface area contributed by atoms with E-state index in [0.29, 0.717) is 11.8 Å². The lowest BCUT2D eigenvalue weighted by atomic mass is 10.1. The Morgan fingerprint density at radius 2 is 2.04 bits per heavy atom. The van der Waals surface area contributed by atoms with Gasteiger partial charge in [0.2, 0.25) is 0 Å². The van der Waals surface area contributed by atoms with Gasteiger partial charge < -0.3 is 10.1 Å². The molecule has 1 N–H and O–H groups in total. The molecule has 0 radical (unpaired) electrons. The maximum atomic E-state index is 12.6. The number of nitro benzene ring substituents is 1. The molecule has 9 heteroatoms. The summed E-state index contributed by atoms with van der Waals surface area (Å²) in [6, 6.07) is 9.88. The summed E-state index contributed by atoms with van der Waals surface area (Å²) < 4.78 is 30.3. The second-order valence-corrected chi connectivity index (χ2v) is 5.73. The Hall–Kier alpha value is -2.68. The number of benzene rings is 2. The summed E-state index contributed by atoms with van der Waals surface area (Å²) in [4.78, 5) is 23.0. The lowest BCUT2D eigenvalue weighted by Crippen LogP contribution is -2.13. The molecule has 0 heterocycles. The Morgan fingerprint density at radius 3 is 2.68 bits per heavy atom. The number of nitrogens with zero attached hydrogens (tertiary/aromatic N) is 1. The molecule has 0 spiro atoms. The monoisotopic (exact) mass is 368 g/mol. The lowest BCUT2D eigenvalue weighted by Gasteiger charge is -2.11. The van der Waals surface area contributed by atoms with Gasteiger partial charge in [0.25, 0.3) is 11.7 Å². The zero-order valence-corrected chi connectivity index (χ0v) is 13.9. The molecular formula is C16H14F2N2O4S. The first kappa shape index (κ1) is 18.7. The number of alkyl halides is 2. The number of amides is 1. The quantitative estimate of drug-likeness (QED) is 0.440. The van der Waals surface area contributed by atoms with Crippen molar-refractivity contribution in [2.45, 2.75) is 17.6 Å². The fraction of sp³-hybridized carbons (Fsp3) is 0.188. The maximum Gasteiger partial charge on any atom is 0.311 e. The van der Waals surface area contributed by atoms with Gasteiger partial charge in [-0.15, -0.1) is 0 Å². The Balaban J connectivity index is 2.27. The van der Waals surface area contributed by atoms with Crippen LogP contribution in [-0.4, -0.2) is 23.2 Å². The number of halogens is 2. The van der Waals surface area contributed by atoms with Gasteiger partial charge in [-0.25, -0.2) is 0 Å². The summed E-state index contributed by atoms with van der Waals surface area (Å²) in [5.74, 6) is -3.23. The molecule has 0 saturated carbocycles. The molecule has 2 aromatic carbocycles. The van der Waals surface area contributed by atoms with Crippen LogP contribution in [0.25, 0.3) is 0 Å². The van der Waals surface area contributed by atoms with Crippen molar-refractivity contribution in [3.8, 4) is 5.75 Å². The Morgan fingerprint density at radius 1 is 1.32 bits per heavy atom. The van der Waals surface area contributed by atoms with E-state index in [1.54, 1.807) is 19.1 Å². The Kier molecular flexibility index (Phi) is 6.29. The maximum absolute atomic E-state index is 12.6. The third-order valence-corrected chi connectivity index (χ3v) is 3.86. The number of hydrogen-bond acceptors (Lipinski definition) is 5. The van der Waals surface area contributed by atoms with E-state index in [0.717, 1.165) is 6.07 Å². The SMILES string of the molecule is CCOc1ccc(C(=O)Nc2ccccc2SC(F)F)cc1[N+](=O)[O-].